The van der Waals surface area contributed by atoms with E-state index in [1.54, 1.807) is 0 Å². The number of hydrogen-bond donors (Lipinski definition) is 0. The highest BCUT2D eigenvalue weighted by molar-refractivity contribution is 5.16. The van der Waals surface area contributed by atoms with Gasteiger partial charge in [-0.15, -0.1) is 0 Å². The summed E-state index contributed by atoms with van der Waals surface area (Å²) < 4.78 is 5.48. The van der Waals surface area contributed by atoms with Crippen LogP contribution in [0.2, 0.25) is 0 Å². The first-order chi connectivity index (χ1) is 7.89. The Labute approximate surface area is 104 Å². The Morgan fingerprint density at radius 1 is 1.18 bits per heavy atom. The van der Waals surface area contributed by atoms with Gasteiger partial charge in [0.15, 0.2) is 0 Å². The minimum absolute atomic E-state index is 0.0868. The van der Waals surface area contributed by atoms with Crippen molar-refractivity contribution >= 4 is 0 Å². The third kappa shape index (κ3) is 5.13. The van der Waals surface area contributed by atoms with Gasteiger partial charge in [-0.1, -0.05) is 20.8 Å². The highest BCUT2D eigenvalue weighted by Crippen LogP contribution is 2.20. The summed E-state index contributed by atoms with van der Waals surface area (Å²) in [7, 11) is 4.10. The Hall–Kier alpha value is -1.16. The SMILES string of the molecule is CN(C)CCCOc1ncc(C(C)(C)C)cn1. The summed E-state index contributed by atoms with van der Waals surface area (Å²) in [6.45, 7) is 8.10. The summed E-state index contributed by atoms with van der Waals surface area (Å²) in [4.78, 5) is 10.6. The Balaban J connectivity index is 2.41. The lowest BCUT2D eigenvalue weighted by atomic mass is 9.89. The quantitative estimate of drug-likeness (QED) is 0.735. The monoisotopic (exact) mass is 237 g/mol. The first kappa shape index (κ1) is 13.9. The molecule has 17 heavy (non-hydrogen) atoms. The third-order valence-electron chi connectivity index (χ3n) is 2.48. The highest BCUT2D eigenvalue weighted by Gasteiger charge is 2.14. The second kappa shape index (κ2) is 5.96. The molecule has 1 heterocycles. The van der Waals surface area contributed by atoms with E-state index in [0.29, 0.717) is 12.6 Å². The van der Waals surface area contributed by atoms with Gasteiger partial charge in [0.2, 0.25) is 0 Å². The molecule has 0 atom stereocenters. The zero-order valence-corrected chi connectivity index (χ0v) is 11.5. The first-order valence-corrected chi connectivity index (χ1v) is 5.99. The molecule has 0 bridgehead atoms. The average molecular weight is 237 g/mol. The molecule has 0 radical (unpaired) electrons. The van der Waals surface area contributed by atoms with Gasteiger partial charge in [-0.2, -0.15) is 0 Å². The number of rotatable bonds is 5. The van der Waals surface area contributed by atoms with Crippen molar-refractivity contribution in [3.8, 4) is 6.01 Å². The van der Waals surface area contributed by atoms with E-state index < -0.39 is 0 Å². The van der Waals surface area contributed by atoms with E-state index in [2.05, 4.69) is 49.7 Å². The molecule has 0 saturated carbocycles. The van der Waals surface area contributed by atoms with Crippen LogP contribution in [0.5, 0.6) is 6.01 Å². The van der Waals surface area contributed by atoms with Gasteiger partial charge in [0.1, 0.15) is 0 Å². The number of ether oxygens (including phenoxy) is 1. The van der Waals surface area contributed by atoms with Gasteiger partial charge >= 0.3 is 6.01 Å². The lowest BCUT2D eigenvalue weighted by Gasteiger charge is -2.17. The third-order valence-corrected chi connectivity index (χ3v) is 2.48. The molecule has 1 aromatic rings. The minimum Gasteiger partial charge on any atom is -0.463 e. The molecule has 0 N–H and O–H groups in total. The lowest BCUT2D eigenvalue weighted by Crippen LogP contribution is -2.16. The Morgan fingerprint density at radius 3 is 2.24 bits per heavy atom. The van der Waals surface area contributed by atoms with Crippen LogP contribution in [-0.2, 0) is 5.41 Å². The van der Waals surface area contributed by atoms with E-state index in [1.807, 2.05) is 12.4 Å². The molecule has 0 saturated heterocycles. The van der Waals surface area contributed by atoms with Crippen LogP contribution in [0.25, 0.3) is 0 Å². The van der Waals surface area contributed by atoms with Gasteiger partial charge in [-0.3, -0.25) is 0 Å². The fourth-order valence-corrected chi connectivity index (χ4v) is 1.32. The topological polar surface area (TPSA) is 38.2 Å². The molecule has 0 amide bonds. The molecule has 0 aliphatic heterocycles. The van der Waals surface area contributed by atoms with Crippen molar-refractivity contribution in [3.63, 3.8) is 0 Å². The summed E-state index contributed by atoms with van der Waals surface area (Å²) >= 11 is 0. The summed E-state index contributed by atoms with van der Waals surface area (Å²) in [6.07, 6.45) is 4.67. The first-order valence-electron chi connectivity index (χ1n) is 5.99. The van der Waals surface area contributed by atoms with Gasteiger partial charge < -0.3 is 9.64 Å². The smallest absolute Gasteiger partial charge is 0.316 e. The maximum Gasteiger partial charge on any atom is 0.316 e. The summed E-state index contributed by atoms with van der Waals surface area (Å²) in [5, 5.41) is 0. The van der Waals surface area contributed by atoms with Gasteiger partial charge in [0.25, 0.3) is 0 Å². The van der Waals surface area contributed by atoms with Gasteiger partial charge in [0, 0.05) is 18.9 Å². The molecule has 4 nitrogen and oxygen atoms in total. The molecule has 0 fully saturated rings. The fraction of sp³-hybridized carbons (Fsp3) is 0.692. The Morgan fingerprint density at radius 2 is 1.76 bits per heavy atom. The van der Waals surface area contributed by atoms with E-state index in [0.717, 1.165) is 18.5 Å². The molecular formula is C13H23N3O. The number of hydrogen-bond acceptors (Lipinski definition) is 4. The predicted molar refractivity (Wildman–Crippen MR) is 69.4 cm³/mol. The van der Waals surface area contributed by atoms with Gasteiger partial charge in [0.05, 0.1) is 6.61 Å². The standard InChI is InChI=1S/C13H23N3O/c1-13(2,3)11-9-14-12(15-10-11)17-8-6-7-16(4)5/h9-10H,6-8H2,1-5H3. The van der Waals surface area contributed by atoms with E-state index in [9.17, 15) is 0 Å². The van der Waals surface area contributed by atoms with E-state index in [-0.39, 0.29) is 5.41 Å². The fourth-order valence-electron chi connectivity index (χ4n) is 1.32. The highest BCUT2D eigenvalue weighted by atomic mass is 16.5. The molecule has 0 aromatic carbocycles. The van der Waals surface area contributed by atoms with Crippen LogP contribution >= 0.6 is 0 Å². The average Bonchev–Trinajstić information content (AvgIpc) is 2.23. The number of aromatic nitrogens is 2. The maximum absolute atomic E-state index is 5.48. The van der Waals surface area contributed by atoms with Crippen LogP contribution in [0.4, 0.5) is 0 Å². The van der Waals surface area contributed by atoms with E-state index in [1.165, 1.54) is 0 Å². The Kier molecular flexibility index (Phi) is 4.87. The van der Waals surface area contributed by atoms with Crippen LogP contribution < -0.4 is 4.74 Å². The van der Waals surface area contributed by atoms with Crippen LogP contribution in [0.3, 0.4) is 0 Å². The van der Waals surface area contributed by atoms with Crippen molar-refractivity contribution in [1.29, 1.82) is 0 Å². The van der Waals surface area contributed by atoms with Crippen molar-refractivity contribution in [2.24, 2.45) is 0 Å². The molecule has 0 unspecified atom stereocenters. The molecule has 4 heteroatoms. The zero-order chi connectivity index (χ0) is 12.9. The summed E-state index contributed by atoms with van der Waals surface area (Å²) in [6, 6.07) is 0.469. The van der Waals surface area contributed by atoms with Crippen LogP contribution in [0, 0.1) is 0 Å². The van der Waals surface area contributed by atoms with Crippen LogP contribution in [-0.4, -0.2) is 42.1 Å². The van der Waals surface area contributed by atoms with E-state index in [4.69, 9.17) is 4.74 Å². The molecule has 96 valence electrons. The van der Waals surface area contributed by atoms with Gasteiger partial charge in [-0.25, -0.2) is 9.97 Å². The molecule has 1 aromatic heterocycles. The van der Waals surface area contributed by atoms with Crippen molar-refractivity contribution < 1.29 is 4.74 Å². The summed E-state index contributed by atoms with van der Waals surface area (Å²) in [5.41, 5.74) is 1.21. The lowest BCUT2D eigenvalue weighted by molar-refractivity contribution is 0.263. The largest absolute Gasteiger partial charge is 0.463 e. The second-order valence-electron chi connectivity index (χ2n) is 5.51. The van der Waals surface area contributed by atoms with Gasteiger partial charge in [-0.05, 0) is 31.5 Å². The Bertz CT molecular complexity index is 328. The molecule has 0 aliphatic carbocycles. The summed E-state index contributed by atoms with van der Waals surface area (Å²) in [5.74, 6) is 0. The molecule has 1 rings (SSSR count). The normalized spacial score (nSPS) is 11.9. The number of nitrogens with zero attached hydrogens (tertiary/aromatic N) is 3. The second-order valence-corrected chi connectivity index (χ2v) is 5.51. The molecular weight excluding hydrogens is 214 g/mol. The molecule has 0 aliphatic rings. The van der Waals surface area contributed by atoms with Crippen LogP contribution in [0.1, 0.15) is 32.8 Å². The van der Waals surface area contributed by atoms with Crippen molar-refractivity contribution in [1.82, 2.24) is 14.9 Å². The zero-order valence-electron chi connectivity index (χ0n) is 11.5. The van der Waals surface area contributed by atoms with Crippen molar-refractivity contribution in [2.45, 2.75) is 32.6 Å². The molecule has 0 spiro atoms. The maximum atomic E-state index is 5.48. The van der Waals surface area contributed by atoms with Crippen molar-refractivity contribution in [2.75, 3.05) is 27.2 Å². The minimum atomic E-state index is 0.0868. The predicted octanol–water partition coefficient (Wildman–Crippen LogP) is 2.10. The van der Waals surface area contributed by atoms with Crippen LogP contribution in [0.15, 0.2) is 12.4 Å². The van der Waals surface area contributed by atoms with E-state index >= 15 is 0 Å². The van der Waals surface area contributed by atoms with Crippen molar-refractivity contribution in [3.05, 3.63) is 18.0 Å².